The minimum Gasteiger partial charge on any atom is -0.497 e. The molecule has 1 heterocycles. The first kappa shape index (κ1) is 21.2. The van der Waals surface area contributed by atoms with E-state index in [-0.39, 0.29) is 18.4 Å². The van der Waals surface area contributed by atoms with Gasteiger partial charge in [-0.15, -0.1) is 11.3 Å². The Kier molecular flexibility index (Phi) is 6.44. The van der Waals surface area contributed by atoms with Gasteiger partial charge in [0.1, 0.15) is 16.5 Å². The van der Waals surface area contributed by atoms with E-state index in [4.69, 9.17) is 21.1 Å². The Morgan fingerprint density at radius 2 is 1.71 bits per heavy atom. The van der Waals surface area contributed by atoms with Crippen LogP contribution in [0.25, 0.3) is 0 Å². The predicted octanol–water partition coefficient (Wildman–Crippen LogP) is 5.17. The molecule has 2 aromatic carbocycles. The van der Waals surface area contributed by atoms with Crippen molar-refractivity contribution in [3.8, 4) is 11.5 Å². The number of benzene rings is 2. The monoisotopic (exact) mass is 456 g/mol. The van der Waals surface area contributed by atoms with Gasteiger partial charge in [0.25, 0.3) is 11.8 Å². The van der Waals surface area contributed by atoms with Crippen LogP contribution in [-0.2, 0) is 17.6 Å². The predicted molar refractivity (Wildman–Crippen MR) is 123 cm³/mol. The molecule has 6 nitrogen and oxygen atoms in total. The number of carbonyl (C=O) groups excluding carboxylic acids is 2. The smallest absolute Gasteiger partial charge is 0.262 e. The molecule has 4 rings (SSSR count). The fraction of sp³-hybridized carbons (Fsp3) is 0.217. The summed E-state index contributed by atoms with van der Waals surface area (Å²) in [5.41, 5.74) is 2.21. The average Bonchev–Trinajstić information content (AvgIpc) is 3.34. The van der Waals surface area contributed by atoms with Crippen LogP contribution in [0.15, 0.2) is 48.5 Å². The number of carbonyl (C=O) groups is 2. The van der Waals surface area contributed by atoms with Gasteiger partial charge in [-0.2, -0.15) is 0 Å². The van der Waals surface area contributed by atoms with Crippen molar-refractivity contribution in [2.45, 2.75) is 19.3 Å². The number of hydrogen-bond donors (Lipinski definition) is 2. The van der Waals surface area contributed by atoms with Crippen LogP contribution in [0.3, 0.4) is 0 Å². The second kappa shape index (κ2) is 9.41. The molecule has 0 saturated heterocycles. The molecule has 1 aliphatic carbocycles. The molecule has 160 valence electrons. The number of aryl methyl sites for hydroxylation is 1. The molecule has 8 heteroatoms. The molecule has 0 radical (unpaired) electrons. The number of halogens is 1. The van der Waals surface area contributed by atoms with Crippen molar-refractivity contribution in [3.05, 3.63) is 69.6 Å². The van der Waals surface area contributed by atoms with Crippen molar-refractivity contribution in [2.24, 2.45) is 0 Å². The van der Waals surface area contributed by atoms with Gasteiger partial charge in [0.05, 0.1) is 12.7 Å². The lowest BCUT2D eigenvalue weighted by Crippen LogP contribution is -2.22. The minimum absolute atomic E-state index is 0.163. The molecule has 0 spiro atoms. The van der Waals surface area contributed by atoms with Crippen molar-refractivity contribution in [3.63, 3.8) is 0 Å². The molecule has 1 aliphatic rings. The van der Waals surface area contributed by atoms with Crippen LogP contribution in [0, 0.1) is 0 Å². The molecule has 3 aromatic rings. The Balaban J connectivity index is 1.47. The lowest BCUT2D eigenvalue weighted by Gasteiger charge is -2.11. The fourth-order valence-electron chi connectivity index (χ4n) is 3.44. The molecule has 2 N–H and O–H groups in total. The van der Waals surface area contributed by atoms with Crippen LogP contribution in [0.5, 0.6) is 11.5 Å². The first-order valence-corrected chi connectivity index (χ1v) is 11.0. The zero-order chi connectivity index (χ0) is 21.8. The molecule has 0 saturated carbocycles. The number of nitrogens with one attached hydrogen (secondary N) is 2. The van der Waals surface area contributed by atoms with E-state index in [1.807, 2.05) is 0 Å². The molecule has 31 heavy (non-hydrogen) atoms. The van der Waals surface area contributed by atoms with Gasteiger partial charge < -0.3 is 20.1 Å². The summed E-state index contributed by atoms with van der Waals surface area (Å²) in [5, 5.41) is 6.92. The fourth-order valence-corrected chi connectivity index (χ4v) is 4.87. The Morgan fingerprint density at radius 1 is 1.00 bits per heavy atom. The summed E-state index contributed by atoms with van der Waals surface area (Å²) in [7, 11) is 1.59. The van der Waals surface area contributed by atoms with Crippen molar-refractivity contribution in [1.82, 2.24) is 0 Å². The third kappa shape index (κ3) is 5.00. The number of ether oxygens (including phenoxy) is 2. The summed E-state index contributed by atoms with van der Waals surface area (Å²) >= 11 is 7.32. The summed E-state index contributed by atoms with van der Waals surface area (Å²) in [4.78, 5) is 26.7. The maximum Gasteiger partial charge on any atom is 0.262 e. The minimum atomic E-state index is -0.326. The van der Waals surface area contributed by atoms with Crippen molar-refractivity contribution >= 4 is 45.4 Å². The Hall–Kier alpha value is -3.03. The summed E-state index contributed by atoms with van der Waals surface area (Å²) in [5.74, 6) is 0.695. The molecule has 0 aliphatic heterocycles. The molecule has 2 amide bonds. The van der Waals surface area contributed by atoms with E-state index in [1.165, 1.54) is 11.3 Å². The summed E-state index contributed by atoms with van der Waals surface area (Å²) < 4.78 is 10.7. The number of hydrogen-bond acceptors (Lipinski definition) is 5. The summed E-state index contributed by atoms with van der Waals surface area (Å²) in [6.45, 7) is -0.163. The highest BCUT2D eigenvalue weighted by Crippen LogP contribution is 2.39. The van der Waals surface area contributed by atoms with Gasteiger partial charge in [0, 0.05) is 15.6 Å². The van der Waals surface area contributed by atoms with Crippen LogP contribution >= 0.6 is 22.9 Å². The standard InChI is InChI=1S/C23H21ClN2O4S/c1-29-16-11-7-15(8-12-16)25-22(28)21-18-3-2-4-19(18)31-23(21)26-20(27)13-30-17-9-5-14(24)6-10-17/h5-12H,2-4,13H2,1H3,(H,25,28)(H,26,27). The van der Waals surface area contributed by atoms with Gasteiger partial charge in [-0.05, 0) is 73.4 Å². The highest BCUT2D eigenvalue weighted by atomic mass is 35.5. The third-order valence-corrected chi connectivity index (χ3v) is 6.39. The van der Waals surface area contributed by atoms with Crippen LogP contribution in [0.4, 0.5) is 10.7 Å². The Labute approximate surface area is 189 Å². The van der Waals surface area contributed by atoms with E-state index in [2.05, 4.69) is 10.6 Å². The first-order valence-electron chi connectivity index (χ1n) is 9.81. The second-order valence-corrected chi connectivity index (χ2v) is 8.58. The summed E-state index contributed by atoms with van der Waals surface area (Å²) in [6.07, 6.45) is 2.76. The topological polar surface area (TPSA) is 76.7 Å². The largest absolute Gasteiger partial charge is 0.497 e. The third-order valence-electron chi connectivity index (χ3n) is 4.93. The number of methoxy groups -OCH3 is 1. The van der Waals surface area contributed by atoms with E-state index in [0.717, 1.165) is 29.7 Å². The van der Waals surface area contributed by atoms with Crippen LogP contribution in [0.1, 0.15) is 27.2 Å². The van der Waals surface area contributed by atoms with E-state index in [9.17, 15) is 9.59 Å². The van der Waals surface area contributed by atoms with Crippen LogP contribution in [-0.4, -0.2) is 25.5 Å². The molecular weight excluding hydrogens is 436 g/mol. The highest BCUT2D eigenvalue weighted by molar-refractivity contribution is 7.17. The van der Waals surface area contributed by atoms with Gasteiger partial charge in [-0.25, -0.2) is 0 Å². The molecule has 0 atom stereocenters. The molecular formula is C23H21ClN2O4S. The lowest BCUT2D eigenvalue weighted by atomic mass is 10.1. The Bertz CT molecular complexity index is 1090. The number of anilines is 2. The highest BCUT2D eigenvalue weighted by Gasteiger charge is 2.27. The number of rotatable bonds is 7. The van der Waals surface area contributed by atoms with Gasteiger partial charge >= 0.3 is 0 Å². The van der Waals surface area contributed by atoms with Crippen LogP contribution in [0.2, 0.25) is 5.02 Å². The summed E-state index contributed by atoms with van der Waals surface area (Å²) in [6, 6.07) is 13.9. The van der Waals surface area contributed by atoms with E-state index < -0.39 is 0 Å². The molecule has 0 bridgehead atoms. The number of thiophene rings is 1. The van der Waals surface area contributed by atoms with Crippen LogP contribution < -0.4 is 20.1 Å². The van der Waals surface area contributed by atoms with E-state index in [0.29, 0.717) is 32.8 Å². The Morgan fingerprint density at radius 3 is 2.42 bits per heavy atom. The van der Waals surface area contributed by atoms with Crippen molar-refractivity contribution in [1.29, 1.82) is 0 Å². The second-order valence-electron chi connectivity index (χ2n) is 7.03. The van der Waals surface area contributed by atoms with Gasteiger partial charge in [-0.1, -0.05) is 11.6 Å². The number of fused-ring (bicyclic) bond motifs is 1. The van der Waals surface area contributed by atoms with Crippen molar-refractivity contribution < 1.29 is 19.1 Å². The quantitative estimate of drug-likeness (QED) is 0.514. The van der Waals surface area contributed by atoms with Gasteiger partial charge in [0.2, 0.25) is 0 Å². The maximum atomic E-state index is 13.1. The SMILES string of the molecule is COc1ccc(NC(=O)c2c(NC(=O)COc3ccc(Cl)cc3)sc3c2CCC3)cc1. The normalized spacial score (nSPS) is 12.2. The molecule has 0 fully saturated rings. The first-order chi connectivity index (χ1) is 15.0. The zero-order valence-corrected chi connectivity index (χ0v) is 18.4. The zero-order valence-electron chi connectivity index (χ0n) is 16.9. The lowest BCUT2D eigenvalue weighted by molar-refractivity contribution is -0.118. The van der Waals surface area contributed by atoms with Crippen molar-refractivity contribution in [2.75, 3.05) is 24.4 Å². The maximum absolute atomic E-state index is 13.1. The molecule has 0 unspecified atom stereocenters. The van der Waals surface area contributed by atoms with E-state index in [1.54, 1.807) is 55.6 Å². The van der Waals surface area contributed by atoms with E-state index >= 15 is 0 Å². The molecule has 1 aromatic heterocycles. The average molecular weight is 457 g/mol. The number of amides is 2. The van der Waals surface area contributed by atoms with Gasteiger partial charge in [0.15, 0.2) is 6.61 Å². The van der Waals surface area contributed by atoms with Gasteiger partial charge in [-0.3, -0.25) is 9.59 Å².